The highest BCUT2D eigenvalue weighted by Gasteiger charge is 2.19. The zero-order valence-electron chi connectivity index (χ0n) is 10.8. The Morgan fingerprint density at radius 3 is 2.83 bits per heavy atom. The highest BCUT2D eigenvalue weighted by atomic mass is 16.6. The van der Waals surface area contributed by atoms with Crippen molar-refractivity contribution in [2.24, 2.45) is 0 Å². The molecule has 2 rings (SSSR count). The molecular formula is C14H21NO3. The van der Waals surface area contributed by atoms with Crippen molar-refractivity contribution in [3.63, 3.8) is 0 Å². The molecule has 0 fully saturated rings. The molecule has 0 saturated heterocycles. The molecule has 1 aromatic carbocycles. The van der Waals surface area contributed by atoms with Crippen molar-refractivity contribution in [3.8, 4) is 11.5 Å². The monoisotopic (exact) mass is 251 g/mol. The lowest BCUT2D eigenvalue weighted by molar-refractivity contribution is 0.0808. The summed E-state index contributed by atoms with van der Waals surface area (Å²) in [5.41, 5.74) is 0. The Hall–Kier alpha value is -1.26. The Bertz CT molecular complexity index is 370. The molecule has 0 aliphatic carbocycles. The fourth-order valence-electron chi connectivity index (χ4n) is 2.08. The molecule has 4 nitrogen and oxygen atoms in total. The summed E-state index contributed by atoms with van der Waals surface area (Å²) in [4.78, 5) is 2.12. The molecule has 1 heterocycles. The number of ether oxygens (including phenoxy) is 2. The Balaban J connectivity index is 1.73. The van der Waals surface area contributed by atoms with Crippen LogP contribution in [-0.4, -0.2) is 49.5 Å². The zero-order chi connectivity index (χ0) is 12.8. The number of para-hydroxylation sites is 2. The van der Waals surface area contributed by atoms with E-state index in [1.165, 1.54) is 0 Å². The third-order valence-corrected chi connectivity index (χ3v) is 3.12. The lowest BCUT2D eigenvalue weighted by atomic mass is 10.1. The lowest BCUT2D eigenvalue weighted by Gasteiger charge is -2.27. The van der Waals surface area contributed by atoms with Gasteiger partial charge in [0.15, 0.2) is 11.5 Å². The molecule has 0 radical (unpaired) electrons. The van der Waals surface area contributed by atoms with E-state index >= 15 is 0 Å². The second-order valence-corrected chi connectivity index (χ2v) is 4.67. The minimum Gasteiger partial charge on any atom is -0.486 e. The molecule has 0 spiro atoms. The fraction of sp³-hybridized carbons (Fsp3) is 0.571. The smallest absolute Gasteiger partial charge is 0.161 e. The number of fused-ring (bicyclic) bond motifs is 1. The quantitative estimate of drug-likeness (QED) is 0.832. The van der Waals surface area contributed by atoms with Gasteiger partial charge in [-0.1, -0.05) is 12.1 Å². The summed E-state index contributed by atoms with van der Waals surface area (Å²) in [7, 11) is 2.02. The van der Waals surface area contributed by atoms with Crippen molar-refractivity contribution in [1.82, 2.24) is 4.90 Å². The Morgan fingerprint density at radius 2 is 2.06 bits per heavy atom. The fourth-order valence-corrected chi connectivity index (χ4v) is 2.08. The van der Waals surface area contributed by atoms with Crippen molar-refractivity contribution < 1.29 is 14.6 Å². The van der Waals surface area contributed by atoms with Gasteiger partial charge in [0.1, 0.15) is 12.7 Å². The number of likely N-dealkylation sites (N-methyl/N-ethyl adjacent to an activating group) is 1. The van der Waals surface area contributed by atoms with Gasteiger partial charge in [-0.25, -0.2) is 0 Å². The van der Waals surface area contributed by atoms with Crippen LogP contribution in [0.5, 0.6) is 11.5 Å². The first-order chi connectivity index (χ1) is 8.79. The predicted molar refractivity (Wildman–Crippen MR) is 70.2 cm³/mol. The van der Waals surface area contributed by atoms with Crippen molar-refractivity contribution in [3.05, 3.63) is 24.3 Å². The Labute approximate surface area is 108 Å². The Morgan fingerprint density at radius 1 is 1.28 bits per heavy atom. The minimum atomic E-state index is 0.141. The number of hydrogen-bond acceptors (Lipinski definition) is 4. The van der Waals surface area contributed by atoms with E-state index in [1.807, 2.05) is 31.3 Å². The molecule has 1 atom stereocenters. The first-order valence-corrected chi connectivity index (χ1v) is 6.47. The van der Waals surface area contributed by atoms with Crippen molar-refractivity contribution in [2.75, 3.05) is 33.4 Å². The maximum absolute atomic E-state index is 8.81. The minimum absolute atomic E-state index is 0.141. The van der Waals surface area contributed by atoms with Gasteiger partial charge in [0.25, 0.3) is 0 Å². The van der Waals surface area contributed by atoms with Crippen LogP contribution in [0, 0.1) is 0 Å². The highest BCUT2D eigenvalue weighted by molar-refractivity contribution is 5.40. The van der Waals surface area contributed by atoms with E-state index in [-0.39, 0.29) is 12.7 Å². The van der Waals surface area contributed by atoms with E-state index < -0.39 is 0 Å². The van der Waals surface area contributed by atoms with E-state index in [0.29, 0.717) is 6.61 Å². The molecule has 4 heteroatoms. The molecule has 0 saturated carbocycles. The standard InChI is InChI=1S/C14H21NO3/c1-15(9-10-16)8-4-5-12-11-17-13-6-2-3-7-14(13)18-12/h2-3,6-7,12,16H,4-5,8-11H2,1H3/t12-/m0/s1. The van der Waals surface area contributed by atoms with Crippen LogP contribution >= 0.6 is 0 Å². The summed E-state index contributed by atoms with van der Waals surface area (Å²) in [6.45, 7) is 2.54. The van der Waals surface area contributed by atoms with E-state index in [2.05, 4.69) is 4.90 Å². The summed E-state index contributed by atoms with van der Waals surface area (Å²) in [6.07, 6.45) is 2.17. The average molecular weight is 251 g/mol. The van der Waals surface area contributed by atoms with E-state index in [4.69, 9.17) is 14.6 Å². The maximum atomic E-state index is 8.81. The second kappa shape index (κ2) is 6.61. The summed E-state index contributed by atoms with van der Waals surface area (Å²) < 4.78 is 11.5. The zero-order valence-corrected chi connectivity index (χ0v) is 10.8. The molecular weight excluding hydrogens is 230 g/mol. The number of rotatable bonds is 6. The van der Waals surface area contributed by atoms with Gasteiger partial charge in [-0.2, -0.15) is 0 Å². The van der Waals surface area contributed by atoms with Crippen LogP contribution in [0.15, 0.2) is 24.3 Å². The first kappa shape index (κ1) is 13.2. The van der Waals surface area contributed by atoms with Crippen LogP contribution in [0.4, 0.5) is 0 Å². The van der Waals surface area contributed by atoms with Crippen LogP contribution in [0.1, 0.15) is 12.8 Å². The summed E-state index contributed by atoms with van der Waals surface area (Å²) >= 11 is 0. The van der Waals surface area contributed by atoms with Crippen LogP contribution in [-0.2, 0) is 0 Å². The van der Waals surface area contributed by atoms with Crippen LogP contribution < -0.4 is 9.47 Å². The van der Waals surface area contributed by atoms with Gasteiger partial charge in [0.2, 0.25) is 0 Å². The van der Waals surface area contributed by atoms with Crippen molar-refractivity contribution in [2.45, 2.75) is 18.9 Å². The molecule has 1 aliphatic rings. The topological polar surface area (TPSA) is 41.9 Å². The SMILES string of the molecule is CN(CCO)CCC[C@H]1COc2ccccc2O1. The Kier molecular flexibility index (Phi) is 4.84. The third kappa shape index (κ3) is 3.62. The van der Waals surface area contributed by atoms with Crippen molar-refractivity contribution in [1.29, 1.82) is 0 Å². The molecule has 0 unspecified atom stereocenters. The van der Waals surface area contributed by atoms with Crippen molar-refractivity contribution >= 4 is 0 Å². The molecule has 0 aromatic heterocycles. The van der Waals surface area contributed by atoms with Gasteiger partial charge >= 0.3 is 0 Å². The van der Waals surface area contributed by atoms with Crippen LogP contribution in [0.3, 0.4) is 0 Å². The third-order valence-electron chi connectivity index (χ3n) is 3.12. The lowest BCUT2D eigenvalue weighted by Crippen LogP contribution is -2.30. The second-order valence-electron chi connectivity index (χ2n) is 4.67. The first-order valence-electron chi connectivity index (χ1n) is 6.47. The van der Waals surface area contributed by atoms with E-state index in [9.17, 15) is 0 Å². The normalized spacial score (nSPS) is 18.1. The summed E-state index contributed by atoms with van der Waals surface area (Å²) in [5, 5.41) is 8.81. The molecule has 0 amide bonds. The van der Waals surface area contributed by atoms with Gasteiger partial charge in [0.05, 0.1) is 6.61 Å². The van der Waals surface area contributed by atoms with E-state index in [0.717, 1.165) is 37.4 Å². The molecule has 100 valence electrons. The van der Waals surface area contributed by atoms with Gasteiger partial charge in [0, 0.05) is 6.54 Å². The highest BCUT2D eigenvalue weighted by Crippen LogP contribution is 2.31. The average Bonchev–Trinajstić information content (AvgIpc) is 2.39. The molecule has 1 aliphatic heterocycles. The largest absolute Gasteiger partial charge is 0.486 e. The van der Waals surface area contributed by atoms with Crippen LogP contribution in [0.2, 0.25) is 0 Å². The molecule has 1 N–H and O–H groups in total. The van der Waals surface area contributed by atoms with Crippen LogP contribution in [0.25, 0.3) is 0 Å². The number of aliphatic hydroxyl groups is 1. The summed E-state index contributed by atoms with van der Waals surface area (Å²) in [6, 6.07) is 7.78. The molecule has 0 bridgehead atoms. The van der Waals surface area contributed by atoms with Gasteiger partial charge in [-0.15, -0.1) is 0 Å². The number of hydrogen-bond donors (Lipinski definition) is 1. The number of nitrogens with zero attached hydrogens (tertiary/aromatic N) is 1. The maximum Gasteiger partial charge on any atom is 0.161 e. The summed E-state index contributed by atoms with van der Waals surface area (Å²) in [5.74, 6) is 1.68. The number of benzene rings is 1. The van der Waals surface area contributed by atoms with Gasteiger partial charge in [-0.3, -0.25) is 0 Å². The molecule has 18 heavy (non-hydrogen) atoms. The van der Waals surface area contributed by atoms with Gasteiger partial charge in [-0.05, 0) is 38.6 Å². The van der Waals surface area contributed by atoms with Gasteiger partial charge < -0.3 is 19.5 Å². The number of aliphatic hydroxyl groups excluding tert-OH is 1. The predicted octanol–water partition coefficient (Wildman–Crippen LogP) is 1.53. The van der Waals surface area contributed by atoms with E-state index in [1.54, 1.807) is 0 Å². The molecule has 1 aromatic rings.